The SMILES string of the molecule is [B]c1c([B])c2c([B])c([B])c3c([B])c([B])c(-c4cccc(-c5cc(-c6cccc(-c7ccccc7)c6)cc(-c6c([B])c([B])c7c([B])c([B])c8c([B])c([B])c([B])c9c([B])c([B])c6c7c89)c5)c4)c4c([B])c([B])c(c1[B])c2c34. The molecule has 36 radical (unpaired) electrons. The predicted octanol–water partition coefficient (Wildman–Crippen LogP) is -5.90. The second-order valence-corrected chi connectivity index (χ2v) is 19.0. The molecule has 12 aromatic rings. The largest absolute Gasteiger partial charge is 0.113 e. The standard InChI is InChI=1S/C56H16B18/c57-39-25(31-27-29-35(45(63)41(31)59)51(69)55(73)53(71)37(29)49(67)47(65)33(27)43(39)61)21-11-5-10-20(13-21)23-14-22(19-9-4-8-18(12-19)17-6-2-1-3-7-17)15-24(16-23)26-32-28-30-36(46(64)42(32)60)52(70)56(74)54(72)38(30)50(68)48(66)34(28)44(62)40(26)58/h1-16H. The minimum Gasteiger partial charge on any atom is -0.109 e. The fourth-order valence-electron chi connectivity index (χ4n) is 11.6. The topological polar surface area (TPSA) is 0 Å². The third kappa shape index (κ3) is 6.54. The van der Waals surface area contributed by atoms with Gasteiger partial charge in [0.1, 0.15) is 141 Å². The molecule has 0 amide bonds. The Balaban J connectivity index is 1.18. The molecule has 12 aromatic carbocycles. The van der Waals surface area contributed by atoms with Gasteiger partial charge in [0.2, 0.25) is 0 Å². The lowest BCUT2D eigenvalue weighted by atomic mass is 9.58. The van der Waals surface area contributed by atoms with Crippen LogP contribution >= 0.6 is 0 Å². The van der Waals surface area contributed by atoms with Crippen LogP contribution in [0.3, 0.4) is 0 Å². The highest BCUT2D eigenvalue weighted by molar-refractivity contribution is 6.77. The van der Waals surface area contributed by atoms with E-state index in [0.717, 1.165) is 33.4 Å². The van der Waals surface area contributed by atoms with Gasteiger partial charge in [-0.15, -0.1) is 10.9 Å². The first-order chi connectivity index (χ1) is 35.3. The van der Waals surface area contributed by atoms with Gasteiger partial charge < -0.3 is 0 Å². The Morgan fingerprint density at radius 2 is 0.378 bits per heavy atom. The van der Waals surface area contributed by atoms with Gasteiger partial charge in [-0.2, -0.15) is 0 Å². The van der Waals surface area contributed by atoms with Gasteiger partial charge in [0.05, 0.1) is 0 Å². The molecule has 0 aliphatic carbocycles. The zero-order valence-electron chi connectivity index (χ0n) is 39.6. The van der Waals surface area contributed by atoms with Crippen LogP contribution < -0.4 is 98.3 Å². The normalized spacial score (nSPS) is 11.9. The van der Waals surface area contributed by atoms with Gasteiger partial charge in [0.25, 0.3) is 0 Å². The van der Waals surface area contributed by atoms with E-state index in [4.69, 9.17) is 141 Å². The third-order valence-electron chi connectivity index (χ3n) is 15.2. The van der Waals surface area contributed by atoms with Crippen LogP contribution in [0, 0.1) is 0 Å². The van der Waals surface area contributed by atoms with Gasteiger partial charge in [-0.1, -0.05) is 154 Å². The van der Waals surface area contributed by atoms with Gasteiger partial charge in [0.15, 0.2) is 0 Å². The smallest absolute Gasteiger partial charge is 0.109 e. The van der Waals surface area contributed by atoms with Crippen LogP contribution in [0.2, 0.25) is 0 Å². The summed E-state index contributed by atoms with van der Waals surface area (Å²) >= 11 is 0. The lowest BCUT2D eigenvalue weighted by molar-refractivity contribution is 1.57. The van der Waals surface area contributed by atoms with Crippen LogP contribution in [0.5, 0.6) is 0 Å². The van der Waals surface area contributed by atoms with E-state index in [1.165, 1.54) is 0 Å². The van der Waals surface area contributed by atoms with Crippen LogP contribution in [-0.2, 0) is 0 Å². The van der Waals surface area contributed by atoms with E-state index in [9.17, 15) is 0 Å². The van der Waals surface area contributed by atoms with E-state index in [-0.39, 0.29) is 98.3 Å². The van der Waals surface area contributed by atoms with Crippen LogP contribution in [0.15, 0.2) is 97.1 Å². The van der Waals surface area contributed by atoms with E-state index in [2.05, 4.69) is 30.3 Å². The maximum Gasteiger partial charge on any atom is 0.113 e. The van der Waals surface area contributed by atoms with E-state index < -0.39 is 0 Å². The van der Waals surface area contributed by atoms with Crippen molar-refractivity contribution in [2.45, 2.75) is 0 Å². The van der Waals surface area contributed by atoms with Crippen LogP contribution in [0.4, 0.5) is 0 Å². The molecule has 0 heterocycles. The molecule has 0 atom stereocenters. The third-order valence-corrected chi connectivity index (χ3v) is 15.2. The molecule has 12 rings (SSSR count). The Bertz CT molecular complexity index is 4460. The lowest BCUT2D eigenvalue weighted by Gasteiger charge is -2.30. The average Bonchev–Trinajstić information content (AvgIpc) is 3.41. The van der Waals surface area contributed by atoms with Crippen molar-refractivity contribution in [1.29, 1.82) is 0 Å². The minimum absolute atomic E-state index is 0.0872. The molecule has 0 bridgehead atoms. The zero-order chi connectivity index (χ0) is 52.4. The van der Waals surface area contributed by atoms with Crippen LogP contribution in [0.25, 0.3) is 120 Å². The minimum atomic E-state index is 0.0872. The first-order valence-corrected chi connectivity index (χ1v) is 23.2. The molecule has 0 fully saturated rings. The molecular formula is C56H16B18. The predicted molar refractivity (Wildman–Crippen MR) is 338 cm³/mol. The second-order valence-electron chi connectivity index (χ2n) is 19.0. The molecule has 0 spiro atoms. The molecule has 0 saturated heterocycles. The number of benzene rings is 12. The molecule has 74 heavy (non-hydrogen) atoms. The summed E-state index contributed by atoms with van der Waals surface area (Å²) in [5, 5.41) is 5.17. The molecule has 0 N–H and O–H groups in total. The highest BCUT2D eigenvalue weighted by atomic mass is 14.3. The van der Waals surface area contributed by atoms with E-state index in [1.54, 1.807) is 0 Å². The van der Waals surface area contributed by atoms with Crippen molar-refractivity contribution in [1.82, 2.24) is 0 Å². The molecule has 0 unspecified atom stereocenters. The van der Waals surface area contributed by atoms with Gasteiger partial charge in [-0.3, -0.25) is 0 Å². The zero-order valence-corrected chi connectivity index (χ0v) is 39.6. The molecule has 0 aromatic heterocycles. The highest BCUT2D eigenvalue weighted by Gasteiger charge is 2.28. The maximum absolute atomic E-state index is 7.23. The Labute approximate surface area is 453 Å². The first kappa shape index (κ1) is 48.8. The summed E-state index contributed by atoms with van der Waals surface area (Å²) in [5.41, 5.74) is 10.0. The molecule has 0 saturated carbocycles. The Morgan fingerprint density at radius 3 is 0.757 bits per heavy atom. The van der Waals surface area contributed by atoms with Crippen molar-refractivity contribution in [2.75, 3.05) is 0 Å². The summed E-state index contributed by atoms with van der Waals surface area (Å²) < 4.78 is 0. The fourth-order valence-corrected chi connectivity index (χ4v) is 11.6. The average molecular weight is 883 g/mol. The Kier molecular flexibility index (Phi) is 11.4. The van der Waals surface area contributed by atoms with Gasteiger partial charge in [-0.05, 0) is 151 Å². The molecule has 294 valence electrons. The highest BCUT2D eigenvalue weighted by Crippen LogP contribution is 2.40. The van der Waals surface area contributed by atoms with Gasteiger partial charge in [0, 0.05) is 0 Å². The molecule has 18 heteroatoms. The number of hydrogen-bond acceptors (Lipinski definition) is 0. The summed E-state index contributed by atoms with van der Waals surface area (Å²) in [6.07, 6.45) is 0. The van der Waals surface area contributed by atoms with E-state index in [1.807, 2.05) is 66.7 Å². The van der Waals surface area contributed by atoms with Gasteiger partial charge in [-0.25, -0.2) is 0 Å². The number of hydrogen-bond donors (Lipinski definition) is 0. The van der Waals surface area contributed by atoms with Crippen molar-refractivity contribution < 1.29 is 0 Å². The summed E-state index contributed by atoms with van der Waals surface area (Å²) in [5.74, 6) is 0. The van der Waals surface area contributed by atoms with Crippen LogP contribution in [-0.4, -0.2) is 141 Å². The van der Waals surface area contributed by atoms with Crippen molar-refractivity contribution >= 4 is 304 Å². The van der Waals surface area contributed by atoms with E-state index in [0.29, 0.717) is 86.9 Å². The summed E-state index contributed by atoms with van der Waals surface area (Å²) in [7, 11) is 123. The maximum atomic E-state index is 7.23. The Hall–Kier alpha value is -6.11. The van der Waals surface area contributed by atoms with Crippen molar-refractivity contribution in [3.05, 3.63) is 97.1 Å². The summed E-state index contributed by atoms with van der Waals surface area (Å²) in [4.78, 5) is 0. The molecular weight excluding hydrogens is 867 g/mol. The van der Waals surface area contributed by atoms with Crippen molar-refractivity contribution in [3.8, 4) is 55.6 Å². The quantitative estimate of drug-likeness (QED) is 0.120. The molecule has 0 nitrogen and oxygen atoms in total. The monoisotopic (exact) mass is 886 g/mol. The van der Waals surface area contributed by atoms with Gasteiger partial charge >= 0.3 is 0 Å². The first-order valence-electron chi connectivity index (χ1n) is 23.2. The van der Waals surface area contributed by atoms with Crippen LogP contribution in [0.1, 0.15) is 0 Å². The molecule has 0 aliphatic rings. The Morgan fingerprint density at radius 1 is 0.149 bits per heavy atom. The van der Waals surface area contributed by atoms with Crippen molar-refractivity contribution in [2.24, 2.45) is 0 Å². The fraction of sp³-hybridized carbons (Fsp3) is 0. The van der Waals surface area contributed by atoms with E-state index >= 15 is 0 Å². The van der Waals surface area contributed by atoms with Crippen molar-refractivity contribution in [3.63, 3.8) is 0 Å². The number of rotatable bonds is 5. The summed E-state index contributed by atoms with van der Waals surface area (Å²) in [6.45, 7) is 0. The second kappa shape index (κ2) is 17.2. The summed E-state index contributed by atoms with van der Waals surface area (Å²) in [6, 6.07) is 32.1. The lowest BCUT2D eigenvalue weighted by Crippen LogP contribution is -2.48. The molecule has 0 aliphatic heterocycles.